The number of amides is 1. The predicted octanol–water partition coefficient (Wildman–Crippen LogP) is 0.0856. The molecule has 6 nitrogen and oxygen atoms in total. The quantitative estimate of drug-likeness (QED) is 0.678. The van der Waals surface area contributed by atoms with Crippen LogP contribution in [0.2, 0.25) is 0 Å². The molecule has 6 heteroatoms. The van der Waals surface area contributed by atoms with Gasteiger partial charge < -0.3 is 10.4 Å². The van der Waals surface area contributed by atoms with Crippen molar-refractivity contribution in [3.05, 3.63) is 11.9 Å². The molecule has 0 spiro atoms. The van der Waals surface area contributed by atoms with E-state index in [4.69, 9.17) is 0 Å². The molecule has 1 aliphatic rings. The average Bonchev–Trinajstić information content (AvgIpc) is 2.81. The van der Waals surface area contributed by atoms with Gasteiger partial charge in [-0.05, 0) is 31.6 Å². The predicted molar refractivity (Wildman–Crippen MR) is 56.7 cm³/mol. The third kappa shape index (κ3) is 2.79. The third-order valence-electron chi connectivity index (χ3n) is 3.02. The van der Waals surface area contributed by atoms with E-state index < -0.39 is 0 Å². The molecule has 1 aromatic heterocycles. The summed E-state index contributed by atoms with van der Waals surface area (Å²) in [6.45, 7) is 0.651. The van der Waals surface area contributed by atoms with E-state index in [-0.39, 0.29) is 12.0 Å². The van der Waals surface area contributed by atoms with E-state index in [2.05, 4.69) is 20.7 Å². The van der Waals surface area contributed by atoms with Gasteiger partial charge in [0.25, 0.3) is 5.91 Å². The molecule has 1 aliphatic carbocycles. The van der Waals surface area contributed by atoms with E-state index in [9.17, 15) is 9.90 Å². The number of nitrogens with zero attached hydrogens (tertiary/aromatic N) is 2. The second-order valence-electron chi connectivity index (χ2n) is 4.24. The molecule has 0 bridgehead atoms. The summed E-state index contributed by atoms with van der Waals surface area (Å²) in [6, 6.07) is 0. The maximum Gasteiger partial charge on any atom is 0.273 e. The zero-order valence-corrected chi connectivity index (χ0v) is 9.02. The molecule has 1 saturated carbocycles. The van der Waals surface area contributed by atoms with Crippen molar-refractivity contribution in [2.75, 3.05) is 6.54 Å². The van der Waals surface area contributed by atoms with Gasteiger partial charge in [0.15, 0.2) is 5.69 Å². The molecule has 88 valence electrons. The number of aliphatic hydroxyl groups is 1. The summed E-state index contributed by atoms with van der Waals surface area (Å²) in [5, 5.41) is 21.9. The highest BCUT2D eigenvalue weighted by Crippen LogP contribution is 2.23. The van der Waals surface area contributed by atoms with Crippen LogP contribution in [0.15, 0.2) is 6.20 Å². The molecular formula is C10H16N4O2. The van der Waals surface area contributed by atoms with E-state index in [0.29, 0.717) is 18.2 Å². The minimum Gasteiger partial charge on any atom is -0.393 e. The topological polar surface area (TPSA) is 90.9 Å². The molecule has 2 rings (SSSR count). The van der Waals surface area contributed by atoms with Gasteiger partial charge in [0, 0.05) is 6.54 Å². The Kier molecular flexibility index (Phi) is 3.51. The number of H-pyrrole nitrogens is 1. The maximum atomic E-state index is 11.5. The van der Waals surface area contributed by atoms with Crippen molar-refractivity contribution < 1.29 is 9.90 Å². The SMILES string of the molecule is O=C(NCC1CCC(O)CC1)c1cn[nH]n1. The Labute approximate surface area is 93.4 Å². The van der Waals surface area contributed by atoms with Gasteiger partial charge in [0.1, 0.15) is 0 Å². The Balaban J connectivity index is 1.73. The molecule has 0 radical (unpaired) electrons. The number of hydrogen-bond acceptors (Lipinski definition) is 4. The van der Waals surface area contributed by atoms with E-state index >= 15 is 0 Å². The molecular weight excluding hydrogens is 208 g/mol. The Bertz CT molecular complexity index is 331. The molecule has 1 amide bonds. The van der Waals surface area contributed by atoms with Gasteiger partial charge in [-0.25, -0.2) is 0 Å². The molecule has 0 atom stereocenters. The smallest absolute Gasteiger partial charge is 0.273 e. The molecule has 3 N–H and O–H groups in total. The molecule has 0 saturated heterocycles. The zero-order valence-electron chi connectivity index (χ0n) is 9.02. The highest BCUT2D eigenvalue weighted by atomic mass is 16.3. The second kappa shape index (κ2) is 5.07. The van der Waals surface area contributed by atoms with Crippen LogP contribution in [0.1, 0.15) is 36.2 Å². The number of nitrogens with one attached hydrogen (secondary N) is 2. The lowest BCUT2D eigenvalue weighted by molar-refractivity contribution is 0.0906. The lowest BCUT2D eigenvalue weighted by Crippen LogP contribution is -2.32. The third-order valence-corrected chi connectivity index (χ3v) is 3.02. The summed E-state index contributed by atoms with van der Waals surface area (Å²) < 4.78 is 0. The lowest BCUT2D eigenvalue weighted by atomic mass is 9.87. The van der Waals surface area contributed by atoms with Crippen molar-refractivity contribution >= 4 is 5.91 Å². The van der Waals surface area contributed by atoms with Gasteiger partial charge in [-0.15, -0.1) is 0 Å². The minimum absolute atomic E-state index is 0.150. The molecule has 1 heterocycles. The van der Waals surface area contributed by atoms with Gasteiger partial charge in [-0.1, -0.05) is 0 Å². The van der Waals surface area contributed by atoms with Crippen molar-refractivity contribution in [3.63, 3.8) is 0 Å². The number of aliphatic hydroxyl groups excluding tert-OH is 1. The first-order valence-corrected chi connectivity index (χ1v) is 5.57. The van der Waals surface area contributed by atoms with Crippen LogP contribution in [-0.4, -0.2) is 39.1 Å². The fraction of sp³-hybridized carbons (Fsp3) is 0.700. The summed E-state index contributed by atoms with van der Waals surface area (Å²) in [6.07, 6.45) is 4.87. The Morgan fingerprint density at radius 3 is 2.88 bits per heavy atom. The van der Waals surface area contributed by atoms with Gasteiger partial charge in [0.05, 0.1) is 12.3 Å². The Morgan fingerprint density at radius 1 is 1.50 bits per heavy atom. The monoisotopic (exact) mass is 224 g/mol. The van der Waals surface area contributed by atoms with Crippen LogP contribution in [0.4, 0.5) is 0 Å². The van der Waals surface area contributed by atoms with Crippen LogP contribution in [0.5, 0.6) is 0 Å². The van der Waals surface area contributed by atoms with Gasteiger partial charge in [-0.2, -0.15) is 15.4 Å². The summed E-state index contributed by atoms with van der Waals surface area (Å²) in [7, 11) is 0. The number of aromatic nitrogens is 3. The van der Waals surface area contributed by atoms with E-state index in [1.54, 1.807) is 0 Å². The largest absolute Gasteiger partial charge is 0.393 e. The summed E-state index contributed by atoms with van der Waals surface area (Å²) in [4.78, 5) is 11.5. The Morgan fingerprint density at radius 2 is 2.25 bits per heavy atom. The van der Waals surface area contributed by atoms with Crippen LogP contribution in [0.3, 0.4) is 0 Å². The Hall–Kier alpha value is -1.43. The minimum atomic E-state index is -0.195. The zero-order chi connectivity index (χ0) is 11.4. The fourth-order valence-corrected chi connectivity index (χ4v) is 1.99. The molecule has 16 heavy (non-hydrogen) atoms. The first-order valence-electron chi connectivity index (χ1n) is 5.57. The van der Waals surface area contributed by atoms with Crippen LogP contribution >= 0.6 is 0 Å². The highest BCUT2D eigenvalue weighted by molar-refractivity contribution is 5.91. The number of carbonyl (C=O) groups excluding carboxylic acids is 1. The van der Waals surface area contributed by atoms with Crippen LogP contribution in [-0.2, 0) is 0 Å². The van der Waals surface area contributed by atoms with Crippen molar-refractivity contribution in [1.29, 1.82) is 0 Å². The first kappa shape index (κ1) is 11.1. The van der Waals surface area contributed by atoms with Crippen molar-refractivity contribution in [1.82, 2.24) is 20.7 Å². The van der Waals surface area contributed by atoms with E-state index in [1.807, 2.05) is 0 Å². The highest BCUT2D eigenvalue weighted by Gasteiger charge is 2.20. The van der Waals surface area contributed by atoms with Crippen LogP contribution < -0.4 is 5.32 Å². The molecule has 0 aliphatic heterocycles. The van der Waals surface area contributed by atoms with Crippen molar-refractivity contribution in [2.24, 2.45) is 5.92 Å². The van der Waals surface area contributed by atoms with Crippen molar-refractivity contribution in [3.8, 4) is 0 Å². The number of carbonyl (C=O) groups is 1. The molecule has 0 unspecified atom stereocenters. The van der Waals surface area contributed by atoms with Gasteiger partial charge in [-0.3, -0.25) is 4.79 Å². The lowest BCUT2D eigenvalue weighted by Gasteiger charge is -2.25. The van der Waals surface area contributed by atoms with Crippen molar-refractivity contribution in [2.45, 2.75) is 31.8 Å². The van der Waals surface area contributed by atoms with E-state index in [1.165, 1.54) is 6.20 Å². The number of rotatable bonds is 3. The second-order valence-corrected chi connectivity index (χ2v) is 4.24. The summed E-state index contributed by atoms with van der Waals surface area (Å²) >= 11 is 0. The normalized spacial score (nSPS) is 25.3. The molecule has 1 aromatic rings. The molecule has 0 aromatic carbocycles. The van der Waals surface area contributed by atoms with Gasteiger partial charge >= 0.3 is 0 Å². The summed E-state index contributed by atoms with van der Waals surface area (Å²) in [5.74, 6) is 0.277. The van der Waals surface area contributed by atoms with E-state index in [0.717, 1.165) is 25.7 Å². The fourth-order valence-electron chi connectivity index (χ4n) is 1.99. The first-order chi connectivity index (χ1) is 7.75. The van der Waals surface area contributed by atoms with Crippen LogP contribution in [0.25, 0.3) is 0 Å². The molecule has 1 fully saturated rings. The maximum absolute atomic E-state index is 11.5. The standard InChI is InChI=1S/C10H16N4O2/c15-8-3-1-7(2-4-8)5-11-10(16)9-6-12-14-13-9/h6-8,15H,1-5H2,(H,11,16)(H,12,13,14). The number of aromatic amines is 1. The number of hydrogen-bond donors (Lipinski definition) is 3. The van der Waals surface area contributed by atoms with Crippen LogP contribution in [0, 0.1) is 5.92 Å². The summed E-state index contributed by atoms with van der Waals surface area (Å²) in [5.41, 5.74) is 0.316. The van der Waals surface area contributed by atoms with Gasteiger partial charge in [0.2, 0.25) is 0 Å². The average molecular weight is 224 g/mol.